The number of amides is 2. The third-order valence-corrected chi connectivity index (χ3v) is 6.43. The molecule has 184 valence electrons. The van der Waals surface area contributed by atoms with E-state index in [1.165, 1.54) is 23.9 Å². The van der Waals surface area contributed by atoms with Crippen LogP contribution in [0.3, 0.4) is 0 Å². The number of carboxylic acid groups (broad SMARTS) is 1. The van der Waals surface area contributed by atoms with Gasteiger partial charge in [-0.15, -0.1) is 10.2 Å². The lowest BCUT2D eigenvalue weighted by Gasteiger charge is -2.22. The minimum atomic E-state index is -1.07. The van der Waals surface area contributed by atoms with Gasteiger partial charge in [0.2, 0.25) is 5.91 Å². The van der Waals surface area contributed by atoms with Crippen molar-refractivity contribution in [3.8, 4) is 0 Å². The summed E-state index contributed by atoms with van der Waals surface area (Å²) >= 11 is 7.38. The number of hydrogen-bond donors (Lipinski definition) is 3. The Labute approximate surface area is 212 Å². The van der Waals surface area contributed by atoms with Crippen LogP contribution < -0.4 is 10.6 Å². The molecule has 1 heterocycles. The van der Waals surface area contributed by atoms with E-state index in [0.717, 1.165) is 0 Å². The highest BCUT2D eigenvalue weighted by atomic mass is 35.5. The molecule has 0 aliphatic heterocycles. The third-order valence-electron chi connectivity index (χ3n) is 5.14. The smallest absolute Gasteiger partial charge is 0.335 e. The predicted octanol–water partition coefficient (Wildman–Crippen LogP) is 4.51. The fraction of sp³-hybridized carbons (Fsp3) is 0.292. The average Bonchev–Trinajstić information content (AvgIpc) is 3.23. The molecule has 0 bridgehead atoms. The Balaban J connectivity index is 1.71. The van der Waals surface area contributed by atoms with Crippen molar-refractivity contribution in [1.82, 2.24) is 20.1 Å². The number of anilines is 1. The molecule has 0 fully saturated rings. The van der Waals surface area contributed by atoms with Crippen LogP contribution in [-0.2, 0) is 11.3 Å². The van der Waals surface area contributed by atoms with E-state index in [2.05, 4.69) is 20.8 Å². The molecule has 0 saturated heterocycles. The number of carboxylic acids is 1. The molecule has 0 spiro atoms. The molecular weight excluding hydrogens is 490 g/mol. The molecule has 0 aliphatic rings. The molecule has 1 atom stereocenters. The highest BCUT2D eigenvalue weighted by Gasteiger charge is 2.26. The second-order valence-electron chi connectivity index (χ2n) is 7.98. The summed E-state index contributed by atoms with van der Waals surface area (Å²) < 4.78 is 1.86. The van der Waals surface area contributed by atoms with Crippen LogP contribution in [0.15, 0.2) is 53.7 Å². The zero-order valence-corrected chi connectivity index (χ0v) is 21.1. The zero-order chi connectivity index (χ0) is 25.5. The second kappa shape index (κ2) is 11.9. The molecule has 2 amide bonds. The molecule has 3 rings (SSSR count). The van der Waals surface area contributed by atoms with Crippen molar-refractivity contribution in [2.24, 2.45) is 5.92 Å². The third kappa shape index (κ3) is 6.61. The summed E-state index contributed by atoms with van der Waals surface area (Å²) in [5.41, 5.74) is 0.861. The van der Waals surface area contributed by atoms with Gasteiger partial charge in [0, 0.05) is 12.2 Å². The Kier molecular flexibility index (Phi) is 8.89. The Bertz CT molecular complexity index is 1230. The Morgan fingerprint density at radius 1 is 1.11 bits per heavy atom. The number of nitrogens with zero attached hydrogens (tertiary/aromatic N) is 3. The van der Waals surface area contributed by atoms with Gasteiger partial charge in [-0.1, -0.05) is 55.4 Å². The quantitative estimate of drug-likeness (QED) is 0.339. The minimum absolute atomic E-state index is 0.0126. The molecule has 0 radical (unpaired) electrons. The first-order chi connectivity index (χ1) is 16.7. The average molecular weight is 516 g/mol. The van der Waals surface area contributed by atoms with E-state index >= 15 is 0 Å². The maximum absolute atomic E-state index is 12.9. The van der Waals surface area contributed by atoms with Crippen molar-refractivity contribution in [2.75, 3.05) is 11.1 Å². The molecule has 35 heavy (non-hydrogen) atoms. The number of hydrogen-bond acceptors (Lipinski definition) is 6. The maximum atomic E-state index is 12.9. The van der Waals surface area contributed by atoms with Gasteiger partial charge >= 0.3 is 5.97 Å². The lowest BCUT2D eigenvalue weighted by molar-refractivity contribution is -0.113. The summed E-state index contributed by atoms with van der Waals surface area (Å²) in [5, 5.41) is 24.3. The molecule has 3 N–H and O–H groups in total. The number of aromatic carboxylic acids is 1. The zero-order valence-electron chi connectivity index (χ0n) is 19.5. The number of aromatic nitrogens is 3. The molecule has 11 heteroatoms. The first kappa shape index (κ1) is 26.2. The molecule has 3 aromatic rings. The van der Waals surface area contributed by atoms with E-state index in [4.69, 9.17) is 16.7 Å². The summed E-state index contributed by atoms with van der Waals surface area (Å²) in [5.74, 6) is -1.04. The van der Waals surface area contributed by atoms with Gasteiger partial charge in [-0.3, -0.25) is 9.59 Å². The lowest BCUT2D eigenvalue weighted by atomic mass is 10.0. The van der Waals surface area contributed by atoms with Crippen LogP contribution in [0.5, 0.6) is 0 Å². The summed E-state index contributed by atoms with van der Waals surface area (Å²) in [4.78, 5) is 36.4. The van der Waals surface area contributed by atoms with Gasteiger partial charge < -0.3 is 20.3 Å². The van der Waals surface area contributed by atoms with Crippen LogP contribution in [0.4, 0.5) is 5.69 Å². The maximum Gasteiger partial charge on any atom is 0.335 e. The number of benzene rings is 2. The molecular formula is C24H26ClN5O4S. The summed E-state index contributed by atoms with van der Waals surface area (Å²) in [7, 11) is 0. The first-order valence-corrected chi connectivity index (χ1v) is 12.3. The largest absolute Gasteiger partial charge is 0.478 e. The summed E-state index contributed by atoms with van der Waals surface area (Å²) in [6, 6.07) is 12.4. The standard InChI is InChI=1S/C24H26ClN5O4S/c1-4-30-21(20(14(2)3)27-22(32)17-10-5-6-11-18(17)25)28-29-24(30)35-13-19(31)26-16-9-7-8-15(12-16)23(33)34/h5-12,14,20H,4,13H2,1-3H3,(H,26,31)(H,27,32)(H,33,34)/t20-/m0/s1. The number of halogens is 1. The Morgan fingerprint density at radius 2 is 1.86 bits per heavy atom. The van der Waals surface area contributed by atoms with Crippen molar-refractivity contribution >= 4 is 46.8 Å². The van der Waals surface area contributed by atoms with Crippen molar-refractivity contribution in [3.05, 3.63) is 70.5 Å². The number of rotatable bonds is 10. The van der Waals surface area contributed by atoms with Crippen LogP contribution in [0.2, 0.25) is 5.02 Å². The second-order valence-corrected chi connectivity index (χ2v) is 9.33. The highest BCUT2D eigenvalue weighted by Crippen LogP contribution is 2.26. The molecule has 0 saturated carbocycles. The number of carbonyl (C=O) groups excluding carboxylic acids is 2. The monoisotopic (exact) mass is 515 g/mol. The van der Waals surface area contributed by atoms with Crippen LogP contribution in [0, 0.1) is 5.92 Å². The predicted molar refractivity (Wildman–Crippen MR) is 135 cm³/mol. The van der Waals surface area contributed by atoms with E-state index in [9.17, 15) is 14.4 Å². The summed E-state index contributed by atoms with van der Waals surface area (Å²) in [6.07, 6.45) is 0. The van der Waals surface area contributed by atoms with Gasteiger partial charge in [-0.05, 0) is 43.2 Å². The van der Waals surface area contributed by atoms with Crippen LogP contribution >= 0.6 is 23.4 Å². The number of thioether (sulfide) groups is 1. The van der Waals surface area contributed by atoms with Gasteiger partial charge in [-0.2, -0.15) is 0 Å². The normalized spacial score (nSPS) is 11.8. The molecule has 2 aromatic carbocycles. The van der Waals surface area contributed by atoms with Gasteiger partial charge in [0.15, 0.2) is 11.0 Å². The van der Waals surface area contributed by atoms with Crippen LogP contribution in [0.1, 0.15) is 53.4 Å². The van der Waals surface area contributed by atoms with Gasteiger partial charge in [0.1, 0.15) is 0 Å². The van der Waals surface area contributed by atoms with Gasteiger partial charge in [-0.25, -0.2) is 4.79 Å². The molecule has 1 aromatic heterocycles. The van der Waals surface area contributed by atoms with Gasteiger partial charge in [0.05, 0.1) is 27.9 Å². The minimum Gasteiger partial charge on any atom is -0.478 e. The number of carbonyl (C=O) groups is 3. The fourth-order valence-electron chi connectivity index (χ4n) is 3.38. The lowest BCUT2D eigenvalue weighted by Crippen LogP contribution is -2.34. The van der Waals surface area contributed by atoms with Gasteiger partial charge in [0.25, 0.3) is 5.91 Å². The van der Waals surface area contributed by atoms with Crippen molar-refractivity contribution in [1.29, 1.82) is 0 Å². The summed E-state index contributed by atoms with van der Waals surface area (Å²) in [6.45, 7) is 6.41. The van der Waals surface area contributed by atoms with E-state index in [0.29, 0.717) is 33.8 Å². The SMILES string of the molecule is CCn1c(SCC(=O)Nc2cccc(C(=O)O)c2)nnc1[C@@H](NC(=O)c1ccccc1Cl)C(C)C. The highest BCUT2D eigenvalue weighted by molar-refractivity contribution is 7.99. The van der Waals surface area contributed by atoms with E-state index in [1.54, 1.807) is 36.4 Å². The van der Waals surface area contributed by atoms with Crippen molar-refractivity contribution in [3.63, 3.8) is 0 Å². The fourth-order valence-corrected chi connectivity index (χ4v) is 4.42. The Morgan fingerprint density at radius 3 is 2.51 bits per heavy atom. The molecule has 9 nitrogen and oxygen atoms in total. The van der Waals surface area contributed by atoms with E-state index in [1.807, 2.05) is 25.3 Å². The van der Waals surface area contributed by atoms with E-state index < -0.39 is 12.0 Å². The molecule has 0 unspecified atom stereocenters. The van der Waals surface area contributed by atoms with Crippen LogP contribution in [-0.4, -0.2) is 43.4 Å². The van der Waals surface area contributed by atoms with E-state index in [-0.39, 0.29) is 29.0 Å². The Hall–Kier alpha value is -3.37. The number of nitrogens with one attached hydrogen (secondary N) is 2. The first-order valence-electron chi connectivity index (χ1n) is 11.0. The van der Waals surface area contributed by atoms with Crippen LogP contribution in [0.25, 0.3) is 0 Å². The van der Waals surface area contributed by atoms with Crippen molar-refractivity contribution in [2.45, 2.75) is 38.5 Å². The van der Waals surface area contributed by atoms with Crippen molar-refractivity contribution < 1.29 is 19.5 Å². The molecule has 0 aliphatic carbocycles. The topological polar surface area (TPSA) is 126 Å².